The van der Waals surface area contributed by atoms with Crippen LogP contribution in [0.1, 0.15) is 16.9 Å². The second kappa shape index (κ2) is 4.71. The van der Waals surface area contributed by atoms with Crippen LogP contribution in [0.2, 0.25) is 10.0 Å². The molecule has 2 heterocycles. The minimum Gasteiger partial charge on any atom is -0.391 e. The number of hydrogen-bond acceptors (Lipinski definition) is 2. The van der Waals surface area contributed by atoms with Crippen LogP contribution in [-0.4, -0.2) is 40.1 Å². The van der Waals surface area contributed by atoms with Gasteiger partial charge < -0.3 is 15.0 Å². The van der Waals surface area contributed by atoms with Gasteiger partial charge in [0.2, 0.25) is 0 Å². The average Bonchev–Trinajstić information content (AvgIpc) is 2.94. The van der Waals surface area contributed by atoms with Gasteiger partial charge in [0, 0.05) is 29.0 Å². The molecular weight excluding hydrogens is 287 g/mol. The molecule has 1 aliphatic heterocycles. The maximum atomic E-state index is 12.3. The summed E-state index contributed by atoms with van der Waals surface area (Å²) in [6.07, 6.45) is 0.164. The zero-order valence-corrected chi connectivity index (χ0v) is 11.5. The molecule has 0 aliphatic carbocycles. The Balaban J connectivity index is 2.01. The number of aromatic amines is 1. The summed E-state index contributed by atoms with van der Waals surface area (Å²) < 4.78 is 0. The van der Waals surface area contributed by atoms with E-state index in [1.54, 1.807) is 23.1 Å². The van der Waals surface area contributed by atoms with Crippen molar-refractivity contribution in [2.75, 3.05) is 13.1 Å². The third kappa shape index (κ3) is 2.20. The highest BCUT2D eigenvalue weighted by molar-refractivity contribution is 6.39. The Bertz CT molecular complexity index is 653. The SMILES string of the molecule is O=C(c1[nH]c2ccc(Cl)cc2c1Cl)N1CC[C@@H](O)C1. The number of hydrogen-bond donors (Lipinski definition) is 2. The van der Waals surface area contributed by atoms with Gasteiger partial charge in [0.15, 0.2) is 0 Å². The number of rotatable bonds is 1. The molecule has 6 heteroatoms. The van der Waals surface area contributed by atoms with Crippen LogP contribution in [0.25, 0.3) is 10.9 Å². The molecule has 100 valence electrons. The number of carbonyl (C=O) groups is 1. The van der Waals surface area contributed by atoms with Crippen LogP contribution in [0.4, 0.5) is 0 Å². The van der Waals surface area contributed by atoms with Crippen LogP contribution in [0, 0.1) is 0 Å². The number of likely N-dealkylation sites (tertiary alicyclic amines) is 1. The Morgan fingerprint density at radius 1 is 1.42 bits per heavy atom. The summed E-state index contributed by atoms with van der Waals surface area (Å²) in [4.78, 5) is 17.0. The molecule has 3 rings (SSSR count). The Morgan fingerprint density at radius 2 is 2.21 bits per heavy atom. The molecule has 1 aromatic carbocycles. The molecule has 1 atom stereocenters. The molecular formula is C13H12Cl2N2O2. The van der Waals surface area contributed by atoms with Crippen molar-refractivity contribution in [3.05, 3.63) is 33.9 Å². The molecule has 0 bridgehead atoms. The number of amides is 1. The highest BCUT2D eigenvalue weighted by Crippen LogP contribution is 2.30. The van der Waals surface area contributed by atoms with Crippen LogP contribution in [0.5, 0.6) is 0 Å². The summed E-state index contributed by atoms with van der Waals surface area (Å²) in [6.45, 7) is 0.901. The fraction of sp³-hybridized carbons (Fsp3) is 0.308. The lowest BCUT2D eigenvalue weighted by Gasteiger charge is -2.14. The van der Waals surface area contributed by atoms with Gasteiger partial charge in [0.1, 0.15) is 5.69 Å². The molecule has 1 fully saturated rings. The van der Waals surface area contributed by atoms with Crippen molar-refractivity contribution < 1.29 is 9.90 Å². The Kier molecular flexibility index (Phi) is 3.17. The van der Waals surface area contributed by atoms with Crippen molar-refractivity contribution in [2.45, 2.75) is 12.5 Å². The highest BCUT2D eigenvalue weighted by atomic mass is 35.5. The molecule has 0 unspecified atom stereocenters. The first-order valence-corrected chi connectivity index (χ1v) is 6.76. The van der Waals surface area contributed by atoms with Crippen LogP contribution in [0.15, 0.2) is 18.2 Å². The maximum Gasteiger partial charge on any atom is 0.271 e. The van der Waals surface area contributed by atoms with E-state index in [4.69, 9.17) is 23.2 Å². The second-order valence-electron chi connectivity index (χ2n) is 4.70. The first kappa shape index (κ1) is 12.8. The molecule has 0 spiro atoms. The monoisotopic (exact) mass is 298 g/mol. The van der Waals surface area contributed by atoms with E-state index in [1.807, 2.05) is 0 Å². The fourth-order valence-electron chi connectivity index (χ4n) is 2.36. The van der Waals surface area contributed by atoms with Crippen molar-refractivity contribution in [1.82, 2.24) is 9.88 Å². The average molecular weight is 299 g/mol. The van der Waals surface area contributed by atoms with Crippen molar-refractivity contribution in [1.29, 1.82) is 0 Å². The lowest BCUT2D eigenvalue weighted by molar-refractivity contribution is 0.0760. The number of nitrogens with one attached hydrogen (secondary N) is 1. The van der Waals surface area contributed by atoms with Crippen molar-refractivity contribution >= 4 is 40.0 Å². The predicted molar refractivity (Wildman–Crippen MR) is 74.8 cm³/mol. The Labute approximate surface area is 119 Å². The molecule has 0 saturated carbocycles. The third-order valence-corrected chi connectivity index (χ3v) is 3.99. The number of aliphatic hydroxyl groups excluding tert-OH is 1. The molecule has 2 N–H and O–H groups in total. The quantitative estimate of drug-likeness (QED) is 0.850. The van der Waals surface area contributed by atoms with E-state index in [1.165, 1.54) is 0 Å². The molecule has 4 nitrogen and oxygen atoms in total. The lowest BCUT2D eigenvalue weighted by atomic mass is 10.2. The number of benzene rings is 1. The molecule has 1 aliphatic rings. The summed E-state index contributed by atoms with van der Waals surface area (Å²) in [5.41, 5.74) is 1.13. The molecule has 0 radical (unpaired) electrons. The first-order valence-electron chi connectivity index (χ1n) is 6.00. The van der Waals surface area contributed by atoms with Gasteiger partial charge in [-0.05, 0) is 24.6 Å². The summed E-state index contributed by atoms with van der Waals surface area (Å²) in [5, 5.41) is 11.2. The van der Waals surface area contributed by atoms with Gasteiger partial charge in [-0.25, -0.2) is 0 Å². The number of fused-ring (bicyclic) bond motifs is 1. The van der Waals surface area contributed by atoms with E-state index in [0.29, 0.717) is 35.2 Å². The van der Waals surface area contributed by atoms with Gasteiger partial charge in [0.05, 0.1) is 11.1 Å². The van der Waals surface area contributed by atoms with E-state index in [-0.39, 0.29) is 5.91 Å². The Morgan fingerprint density at radius 3 is 2.89 bits per heavy atom. The number of β-amino-alcohol motifs (C(OH)–C–C–N with tert-alkyl or cyclic N) is 1. The standard InChI is InChI=1S/C13H12Cl2N2O2/c14-7-1-2-10-9(5-7)11(15)12(16-10)13(19)17-4-3-8(18)6-17/h1-2,5,8,16,18H,3-4,6H2/t8-/m1/s1. The number of nitrogens with zero attached hydrogens (tertiary/aromatic N) is 1. The van der Waals surface area contributed by atoms with Crippen LogP contribution in [0.3, 0.4) is 0 Å². The van der Waals surface area contributed by atoms with Gasteiger partial charge in [-0.2, -0.15) is 0 Å². The van der Waals surface area contributed by atoms with Gasteiger partial charge in [-0.3, -0.25) is 4.79 Å². The van der Waals surface area contributed by atoms with Gasteiger partial charge in [0.25, 0.3) is 5.91 Å². The van der Waals surface area contributed by atoms with E-state index in [0.717, 1.165) is 10.9 Å². The van der Waals surface area contributed by atoms with Gasteiger partial charge in [-0.15, -0.1) is 0 Å². The summed E-state index contributed by atoms with van der Waals surface area (Å²) in [6, 6.07) is 5.26. The van der Waals surface area contributed by atoms with Crippen molar-refractivity contribution in [3.63, 3.8) is 0 Å². The van der Waals surface area contributed by atoms with Crippen molar-refractivity contribution in [2.24, 2.45) is 0 Å². The van der Waals surface area contributed by atoms with Gasteiger partial charge in [-0.1, -0.05) is 23.2 Å². The maximum absolute atomic E-state index is 12.3. The van der Waals surface area contributed by atoms with E-state index in [9.17, 15) is 9.90 Å². The normalized spacial score (nSPS) is 19.3. The fourth-order valence-corrected chi connectivity index (χ4v) is 2.82. The van der Waals surface area contributed by atoms with E-state index < -0.39 is 6.10 Å². The third-order valence-electron chi connectivity index (χ3n) is 3.36. The first-order chi connectivity index (χ1) is 9.06. The van der Waals surface area contributed by atoms with Crippen LogP contribution < -0.4 is 0 Å². The Hall–Kier alpha value is -1.23. The number of H-pyrrole nitrogens is 1. The summed E-state index contributed by atoms with van der Waals surface area (Å²) in [7, 11) is 0. The zero-order valence-electron chi connectivity index (χ0n) is 9.99. The number of aromatic nitrogens is 1. The smallest absolute Gasteiger partial charge is 0.271 e. The number of carbonyl (C=O) groups excluding carboxylic acids is 1. The number of aliphatic hydroxyl groups is 1. The summed E-state index contributed by atoms with van der Waals surface area (Å²) in [5.74, 6) is -0.186. The zero-order chi connectivity index (χ0) is 13.6. The largest absolute Gasteiger partial charge is 0.391 e. The lowest BCUT2D eigenvalue weighted by Crippen LogP contribution is -2.29. The van der Waals surface area contributed by atoms with Crippen LogP contribution >= 0.6 is 23.2 Å². The van der Waals surface area contributed by atoms with E-state index in [2.05, 4.69) is 4.98 Å². The predicted octanol–water partition coefficient (Wildman–Crippen LogP) is 2.68. The molecule has 19 heavy (non-hydrogen) atoms. The molecule has 1 amide bonds. The van der Waals surface area contributed by atoms with E-state index >= 15 is 0 Å². The molecule has 1 aromatic heterocycles. The van der Waals surface area contributed by atoms with Crippen LogP contribution in [-0.2, 0) is 0 Å². The second-order valence-corrected chi connectivity index (χ2v) is 5.51. The minimum atomic E-state index is -0.443. The topological polar surface area (TPSA) is 56.3 Å². The molecule has 1 saturated heterocycles. The number of halogens is 2. The minimum absolute atomic E-state index is 0.186. The van der Waals surface area contributed by atoms with Crippen molar-refractivity contribution in [3.8, 4) is 0 Å². The highest BCUT2D eigenvalue weighted by Gasteiger charge is 2.28. The molecule has 2 aromatic rings. The van der Waals surface area contributed by atoms with Gasteiger partial charge >= 0.3 is 0 Å². The summed E-state index contributed by atoms with van der Waals surface area (Å²) >= 11 is 12.2.